The van der Waals surface area contributed by atoms with Gasteiger partial charge in [0.2, 0.25) is 0 Å². The van der Waals surface area contributed by atoms with E-state index in [1.807, 2.05) is 37.3 Å². The lowest BCUT2D eigenvalue weighted by atomic mass is 10.1. The van der Waals surface area contributed by atoms with E-state index in [9.17, 15) is 0 Å². The standard InChI is InChI=1S/C14H13NO/c1-11(16-2)7-8-12-9-13-5-3-4-6-14(13)15-10-12/h3-6,9-11H,1-2H3. The summed E-state index contributed by atoms with van der Waals surface area (Å²) in [5.74, 6) is 6.05. The summed E-state index contributed by atoms with van der Waals surface area (Å²) in [5.41, 5.74) is 1.91. The number of rotatable bonds is 1. The van der Waals surface area contributed by atoms with Crippen LogP contribution >= 0.6 is 0 Å². The molecular weight excluding hydrogens is 198 g/mol. The molecule has 2 nitrogen and oxygen atoms in total. The second-order valence-electron chi connectivity index (χ2n) is 3.56. The number of nitrogens with zero attached hydrogens (tertiary/aromatic N) is 1. The van der Waals surface area contributed by atoms with Crippen molar-refractivity contribution in [1.82, 2.24) is 4.98 Å². The first-order valence-electron chi connectivity index (χ1n) is 5.19. The molecule has 0 fully saturated rings. The van der Waals surface area contributed by atoms with Gasteiger partial charge in [-0.25, -0.2) is 0 Å². The van der Waals surface area contributed by atoms with E-state index in [2.05, 4.69) is 16.8 Å². The van der Waals surface area contributed by atoms with Crippen molar-refractivity contribution in [3.63, 3.8) is 0 Å². The highest BCUT2D eigenvalue weighted by atomic mass is 16.5. The number of fused-ring (bicyclic) bond motifs is 1. The van der Waals surface area contributed by atoms with E-state index < -0.39 is 0 Å². The molecule has 1 aromatic heterocycles. The molecule has 1 atom stereocenters. The smallest absolute Gasteiger partial charge is 0.115 e. The quantitative estimate of drug-likeness (QED) is 0.676. The normalized spacial score (nSPS) is 11.9. The lowest BCUT2D eigenvalue weighted by Crippen LogP contribution is -1.99. The maximum absolute atomic E-state index is 5.07. The first-order chi connectivity index (χ1) is 7.79. The molecule has 2 heteroatoms. The Morgan fingerprint density at radius 2 is 2.12 bits per heavy atom. The van der Waals surface area contributed by atoms with Crippen LogP contribution in [0.25, 0.3) is 10.9 Å². The SMILES string of the molecule is COC(C)C#Cc1cnc2ccccc2c1. The van der Waals surface area contributed by atoms with Gasteiger partial charge in [-0.3, -0.25) is 4.98 Å². The van der Waals surface area contributed by atoms with Gasteiger partial charge in [-0.15, -0.1) is 0 Å². The van der Waals surface area contributed by atoms with Gasteiger partial charge in [-0.2, -0.15) is 0 Å². The summed E-state index contributed by atoms with van der Waals surface area (Å²) in [6.45, 7) is 1.92. The number of hydrogen-bond acceptors (Lipinski definition) is 2. The van der Waals surface area contributed by atoms with Crippen LogP contribution in [0.2, 0.25) is 0 Å². The van der Waals surface area contributed by atoms with E-state index in [0.29, 0.717) is 0 Å². The van der Waals surface area contributed by atoms with Gasteiger partial charge >= 0.3 is 0 Å². The van der Waals surface area contributed by atoms with Crippen LogP contribution < -0.4 is 0 Å². The molecule has 0 aliphatic heterocycles. The third-order valence-corrected chi connectivity index (χ3v) is 2.36. The predicted molar refractivity (Wildman–Crippen MR) is 65.1 cm³/mol. The molecule has 80 valence electrons. The Labute approximate surface area is 95.3 Å². The zero-order valence-corrected chi connectivity index (χ0v) is 9.40. The Hall–Kier alpha value is -1.85. The zero-order valence-electron chi connectivity index (χ0n) is 9.40. The first kappa shape index (κ1) is 10.7. The van der Waals surface area contributed by atoms with Gasteiger partial charge in [0, 0.05) is 24.3 Å². The van der Waals surface area contributed by atoms with Crippen molar-refractivity contribution in [3.8, 4) is 11.8 Å². The maximum atomic E-state index is 5.07. The number of methoxy groups -OCH3 is 1. The highest BCUT2D eigenvalue weighted by Crippen LogP contribution is 2.11. The molecule has 0 bridgehead atoms. The molecule has 1 unspecified atom stereocenters. The average Bonchev–Trinajstić information content (AvgIpc) is 2.35. The summed E-state index contributed by atoms with van der Waals surface area (Å²) < 4.78 is 5.07. The molecule has 1 aromatic carbocycles. The number of hydrogen-bond donors (Lipinski definition) is 0. The molecule has 2 rings (SSSR count). The van der Waals surface area contributed by atoms with E-state index in [0.717, 1.165) is 16.5 Å². The lowest BCUT2D eigenvalue weighted by molar-refractivity contribution is 0.163. The van der Waals surface area contributed by atoms with E-state index in [-0.39, 0.29) is 6.10 Å². The summed E-state index contributed by atoms with van der Waals surface area (Å²) in [4.78, 5) is 4.34. The van der Waals surface area contributed by atoms with Crippen LogP contribution in [0.15, 0.2) is 36.5 Å². The average molecular weight is 211 g/mol. The largest absolute Gasteiger partial charge is 0.369 e. The topological polar surface area (TPSA) is 22.1 Å². The molecule has 0 N–H and O–H groups in total. The van der Waals surface area contributed by atoms with Gasteiger partial charge in [-0.05, 0) is 19.1 Å². The third kappa shape index (κ3) is 2.39. The molecule has 0 radical (unpaired) electrons. The second kappa shape index (κ2) is 4.78. The minimum absolute atomic E-state index is 0.0496. The van der Waals surface area contributed by atoms with Gasteiger partial charge in [0.25, 0.3) is 0 Å². The molecule has 1 heterocycles. The highest BCUT2D eigenvalue weighted by Gasteiger charge is 1.95. The van der Waals surface area contributed by atoms with Crippen LogP contribution in [-0.4, -0.2) is 18.2 Å². The second-order valence-corrected chi connectivity index (χ2v) is 3.56. The molecule has 0 amide bonds. The molecule has 0 aliphatic rings. The minimum Gasteiger partial charge on any atom is -0.369 e. The van der Waals surface area contributed by atoms with E-state index >= 15 is 0 Å². The Bertz CT molecular complexity index is 551. The van der Waals surface area contributed by atoms with Crippen molar-refractivity contribution in [2.24, 2.45) is 0 Å². The molecule has 0 saturated heterocycles. The summed E-state index contributed by atoms with van der Waals surface area (Å²) in [6.07, 6.45) is 1.74. The van der Waals surface area contributed by atoms with Crippen molar-refractivity contribution in [1.29, 1.82) is 0 Å². The van der Waals surface area contributed by atoms with Gasteiger partial charge in [0.15, 0.2) is 0 Å². The van der Waals surface area contributed by atoms with Crippen LogP contribution in [0.3, 0.4) is 0 Å². The number of pyridine rings is 1. The fourth-order valence-electron chi connectivity index (χ4n) is 1.38. The number of benzene rings is 1. The van der Waals surface area contributed by atoms with Crippen molar-refractivity contribution in [2.75, 3.05) is 7.11 Å². The lowest BCUT2D eigenvalue weighted by Gasteiger charge is -1.98. The number of aromatic nitrogens is 1. The van der Waals surface area contributed by atoms with Crippen LogP contribution in [-0.2, 0) is 4.74 Å². The first-order valence-corrected chi connectivity index (χ1v) is 5.19. The molecule has 2 aromatic rings. The van der Waals surface area contributed by atoms with E-state index in [4.69, 9.17) is 4.74 Å². The van der Waals surface area contributed by atoms with Gasteiger partial charge in [0.05, 0.1) is 5.52 Å². The molecule has 0 saturated carbocycles. The molecular formula is C14H13NO. The van der Waals surface area contributed by atoms with Gasteiger partial charge < -0.3 is 4.74 Å². The fraction of sp³-hybridized carbons (Fsp3) is 0.214. The van der Waals surface area contributed by atoms with Gasteiger partial charge in [-0.1, -0.05) is 30.0 Å². The van der Waals surface area contributed by atoms with Crippen LogP contribution in [0, 0.1) is 11.8 Å². The zero-order chi connectivity index (χ0) is 11.4. The summed E-state index contributed by atoms with van der Waals surface area (Å²) >= 11 is 0. The third-order valence-electron chi connectivity index (χ3n) is 2.36. The Kier molecular flexibility index (Phi) is 3.19. The number of ether oxygens (including phenoxy) is 1. The molecule has 0 spiro atoms. The Morgan fingerprint density at radius 1 is 1.31 bits per heavy atom. The van der Waals surface area contributed by atoms with Crippen molar-refractivity contribution in [2.45, 2.75) is 13.0 Å². The Morgan fingerprint density at radius 3 is 2.94 bits per heavy atom. The van der Waals surface area contributed by atoms with E-state index in [1.54, 1.807) is 13.3 Å². The van der Waals surface area contributed by atoms with E-state index in [1.165, 1.54) is 0 Å². The summed E-state index contributed by atoms with van der Waals surface area (Å²) in [7, 11) is 1.65. The molecule has 16 heavy (non-hydrogen) atoms. The maximum Gasteiger partial charge on any atom is 0.115 e. The Balaban J connectivity index is 2.35. The number of para-hydroxylation sites is 1. The fourth-order valence-corrected chi connectivity index (χ4v) is 1.38. The minimum atomic E-state index is -0.0496. The van der Waals surface area contributed by atoms with Crippen LogP contribution in [0.5, 0.6) is 0 Å². The predicted octanol–water partition coefficient (Wildman–Crippen LogP) is 2.62. The van der Waals surface area contributed by atoms with Crippen molar-refractivity contribution in [3.05, 3.63) is 42.1 Å². The van der Waals surface area contributed by atoms with Crippen LogP contribution in [0.1, 0.15) is 12.5 Å². The summed E-state index contributed by atoms with van der Waals surface area (Å²) in [6, 6.07) is 10.0. The monoisotopic (exact) mass is 211 g/mol. The molecule has 0 aliphatic carbocycles. The van der Waals surface area contributed by atoms with Gasteiger partial charge in [0.1, 0.15) is 6.10 Å². The summed E-state index contributed by atoms with van der Waals surface area (Å²) in [5, 5.41) is 1.11. The van der Waals surface area contributed by atoms with Crippen molar-refractivity contribution >= 4 is 10.9 Å². The van der Waals surface area contributed by atoms with Crippen molar-refractivity contribution < 1.29 is 4.74 Å². The highest BCUT2D eigenvalue weighted by molar-refractivity contribution is 5.79. The van der Waals surface area contributed by atoms with Crippen LogP contribution in [0.4, 0.5) is 0 Å².